The van der Waals surface area contributed by atoms with Crippen molar-refractivity contribution in [3.63, 3.8) is 0 Å². The van der Waals surface area contributed by atoms with Crippen molar-refractivity contribution < 1.29 is 23.5 Å². The molecule has 1 aromatic heterocycles. The van der Waals surface area contributed by atoms with Gasteiger partial charge in [0.1, 0.15) is 17.1 Å². The van der Waals surface area contributed by atoms with Crippen molar-refractivity contribution in [3.05, 3.63) is 27.1 Å². The van der Waals surface area contributed by atoms with Gasteiger partial charge in [-0.1, -0.05) is 0 Å². The van der Waals surface area contributed by atoms with E-state index in [1.54, 1.807) is 13.8 Å². The van der Waals surface area contributed by atoms with Crippen LogP contribution in [0.5, 0.6) is 0 Å². The van der Waals surface area contributed by atoms with Crippen LogP contribution in [-0.2, 0) is 9.53 Å². The Morgan fingerprint density at radius 3 is 2.67 bits per heavy atom. The maximum Gasteiger partial charge on any atom is 0.342 e. The second-order valence-electron chi connectivity index (χ2n) is 3.64. The lowest BCUT2D eigenvalue weighted by atomic mass is 9.97. The van der Waals surface area contributed by atoms with Crippen LogP contribution >= 0.6 is 15.9 Å². The molecule has 0 radical (unpaired) electrons. The molecule has 0 N–H and O–H groups in total. The molecule has 0 aliphatic heterocycles. The number of rotatable bonds is 2. The van der Waals surface area contributed by atoms with Crippen molar-refractivity contribution in [2.24, 2.45) is 0 Å². The minimum absolute atomic E-state index is 0.0147. The quantitative estimate of drug-likeness (QED) is 0.618. The topological polar surface area (TPSA) is 73.6 Å². The second kappa shape index (κ2) is 4.53. The fraction of sp³-hybridized carbons (Fsp3) is 0.250. The lowest BCUT2D eigenvalue weighted by Crippen LogP contribution is -2.21. The number of halogens is 1. The third kappa shape index (κ3) is 1.82. The average molecular weight is 313 g/mol. The smallest absolute Gasteiger partial charge is 0.342 e. The van der Waals surface area contributed by atoms with E-state index in [0.29, 0.717) is 0 Å². The van der Waals surface area contributed by atoms with Gasteiger partial charge in [-0.3, -0.25) is 9.59 Å². The number of carbonyl (C=O) groups excluding carboxylic acids is 3. The molecule has 94 valence electrons. The molecule has 5 nitrogen and oxygen atoms in total. The van der Waals surface area contributed by atoms with Crippen LogP contribution in [0.2, 0.25) is 0 Å². The van der Waals surface area contributed by atoms with E-state index in [2.05, 4.69) is 15.9 Å². The number of Topliss-reactive ketones (excluding diaryl/α,β-unsaturated/α-hetero) is 2. The minimum Gasteiger partial charge on any atom is -0.462 e. The van der Waals surface area contributed by atoms with Crippen LogP contribution in [0.25, 0.3) is 6.08 Å². The van der Waals surface area contributed by atoms with E-state index in [1.165, 1.54) is 6.08 Å². The molecule has 0 bridgehead atoms. The van der Waals surface area contributed by atoms with Gasteiger partial charge in [-0.25, -0.2) is 4.79 Å². The standard InChI is InChI=1S/C12H9BrO5/c1-3-17-12(16)8-5(2)18-7-4-6(13)10(14)11(15)9(7)8/h4H,3H2,1-2H3. The van der Waals surface area contributed by atoms with E-state index in [4.69, 9.17) is 9.15 Å². The van der Waals surface area contributed by atoms with Crippen LogP contribution in [-0.4, -0.2) is 24.1 Å². The number of hydrogen-bond donors (Lipinski definition) is 0. The zero-order valence-electron chi connectivity index (χ0n) is 9.70. The first-order valence-electron chi connectivity index (χ1n) is 5.24. The Bertz CT molecular complexity index is 594. The van der Waals surface area contributed by atoms with E-state index in [9.17, 15) is 14.4 Å². The van der Waals surface area contributed by atoms with Crippen molar-refractivity contribution >= 4 is 39.5 Å². The normalized spacial score (nSPS) is 14.3. The van der Waals surface area contributed by atoms with Gasteiger partial charge in [-0.05, 0) is 35.9 Å². The molecule has 1 aliphatic carbocycles. The highest BCUT2D eigenvalue weighted by molar-refractivity contribution is 9.12. The number of hydrogen-bond acceptors (Lipinski definition) is 5. The molecule has 0 atom stereocenters. The van der Waals surface area contributed by atoms with Crippen LogP contribution in [0, 0.1) is 6.92 Å². The minimum atomic E-state index is -0.765. The molecule has 1 heterocycles. The van der Waals surface area contributed by atoms with Gasteiger partial charge in [0.05, 0.1) is 16.7 Å². The summed E-state index contributed by atoms with van der Waals surface area (Å²) in [5.41, 5.74) is 0.0144. The van der Waals surface area contributed by atoms with Crippen LogP contribution in [0.1, 0.15) is 39.2 Å². The first-order chi connectivity index (χ1) is 8.47. The first-order valence-corrected chi connectivity index (χ1v) is 6.03. The Hall–Kier alpha value is -1.69. The molecule has 2 rings (SSSR count). The predicted molar refractivity (Wildman–Crippen MR) is 65.6 cm³/mol. The van der Waals surface area contributed by atoms with Crippen molar-refractivity contribution in [1.29, 1.82) is 0 Å². The number of furan rings is 1. The van der Waals surface area contributed by atoms with Crippen LogP contribution in [0.3, 0.4) is 0 Å². The first kappa shape index (κ1) is 12.8. The summed E-state index contributed by atoms with van der Waals surface area (Å²) >= 11 is 2.98. The SMILES string of the molecule is CCOC(=O)c1c(C)oc2c1C(=O)C(=O)C(Br)=C2. The molecule has 0 spiro atoms. The Morgan fingerprint density at radius 2 is 2.06 bits per heavy atom. The van der Waals surface area contributed by atoms with Gasteiger partial charge in [0.25, 0.3) is 0 Å². The zero-order chi connectivity index (χ0) is 13.4. The molecule has 0 saturated carbocycles. The number of fused-ring (bicyclic) bond motifs is 1. The molecule has 18 heavy (non-hydrogen) atoms. The van der Waals surface area contributed by atoms with Crippen LogP contribution in [0.15, 0.2) is 8.90 Å². The molecular formula is C12H9BrO5. The monoisotopic (exact) mass is 312 g/mol. The summed E-state index contributed by atoms with van der Waals surface area (Å²) in [7, 11) is 0. The molecule has 0 saturated heterocycles. The fourth-order valence-corrected chi connectivity index (χ4v) is 2.13. The van der Waals surface area contributed by atoms with Gasteiger partial charge in [-0.2, -0.15) is 0 Å². The van der Waals surface area contributed by atoms with Crippen LogP contribution in [0.4, 0.5) is 0 Å². The van der Waals surface area contributed by atoms with E-state index in [1.807, 2.05) is 0 Å². The molecule has 1 aliphatic rings. The molecule has 0 fully saturated rings. The summed E-state index contributed by atoms with van der Waals surface area (Å²) in [4.78, 5) is 35.2. The number of ether oxygens (including phenoxy) is 1. The van der Waals surface area contributed by atoms with Gasteiger partial charge < -0.3 is 9.15 Å². The molecule has 0 aromatic carbocycles. The van der Waals surface area contributed by atoms with Gasteiger partial charge in [-0.15, -0.1) is 0 Å². The molecule has 0 unspecified atom stereocenters. The third-order valence-electron chi connectivity index (χ3n) is 2.50. The summed E-state index contributed by atoms with van der Waals surface area (Å²) < 4.78 is 10.3. The average Bonchev–Trinajstić information content (AvgIpc) is 2.63. The highest BCUT2D eigenvalue weighted by Crippen LogP contribution is 2.31. The zero-order valence-corrected chi connectivity index (χ0v) is 11.3. The third-order valence-corrected chi connectivity index (χ3v) is 3.09. The maximum absolute atomic E-state index is 11.9. The van der Waals surface area contributed by atoms with Gasteiger partial charge in [0.2, 0.25) is 11.6 Å². The van der Waals surface area contributed by atoms with E-state index in [0.717, 1.165) is 0 Å². The summed E-state index contributed by atoms with van der Waals surface area (Å²) in [6.45, 7) is 3.38. The Morgan fingerprint density at radius 1 is 1.39 bits per heavy atom. The van der Waals surface area contributed by atoms with Crippen molar-refractivity contribution in [3.8, 4) is 0 Å². The largest absolute Gasteiger partial charge is 0.462 e. The van der Waals surface area contributed by atoms with Crippen LogP contribution < -0.4 is 0 Å². The van der Waals surface area contributed by atoms with Gasteiger partial charge in [0, 0.05) is 0 Å². The van der Waals surface area contributed by atoms with E-state index >= 15 is 0 Å². The summed E-state index contributed by atoms with van der Waals surface area (Å²) in [5.74, 6) is -1.66. The van der Waals surface area contributed by atoms with Crippen molar-refractivity contribution in [2.75, 3.05) is 6.61 Å². The Kier molecular flexibility index (Phi) is 3.21. The van der Waals surface area contributed by atoms with Crippen molar-refractivity contribution in [1.82, 2.24) is 0 Å². The van der Waals surface area contributed by atoms with E-state index in [-0.39, 0.29) is 33.7 Å². The molecular weight excluding hydrogens is 304 g/mol. The van der Waals surface area contributed by atoms with Crippen molar-refractivity contribution in [2.45, 2.75) is 13.8 Å². The number of carbonyl (C=O) groups is 3. The molecule has 6 heteroatoms. The predicted octanol–water partition coefficient (Wildman–Crippen LogP) is 2.27. The fourth-order valence-electron chi connectivity index (χ4n) is 1.74. The highest BCUT2D eigenvalue weighted by Gasteiger charge is 2.35. The maximum atomic E-state index is 11.9. The molecule has 1 aromatic rings. The summed E-state index contributed by atoms with van der Waals surface area (Å²) in [5, 5.41) is 0. The lowest BCUT2D eigenvalue weighted by molar-refractivity contribution is -0.111. The second-order valence-corrected chi connectivity index (χ2v) is 4.50. The summed E-state index contributed by atoms with van der Waals surface area (Å²) in [6.07, 6.45) is 1.38. The molecule has 0 amide bonds. The van der Waals surface area contributed by atoms with Gasteiger partial charge >= 0.3 is 5.97 Å². The number of aryl methyl sites for hydroxylation is 1. The number of ketones is 2. The highest BCUT2D eigenvalue weighted by atomic mass is 79.9. The lowest BCUT2D eigenvalue weighted by Gasteiger charge is -2.07. The summed E-state index contributed by atoms with van der Waals surface area (Å²) in [6, 6.07) is 0. The number of allylic oxidation sites excluding steroid dienone is 1. The number of esters is 1. The van der Waals surface area contributed by atoms with E-state index < -0.39 is 17.5 Å². The Labute approximate surface area is 111 Å². The van der Waals surface area contributed by atoms with Gasteiger partial charge in [0.15, 0.2) is 0 Å². The Balaban J connectivity index is 2.63.